The van der Waals surface area contributed by atoms with Crippen LogP contribution in [0.4, 0.5) is 0 Å². The Morgan fingerprint density at radius 3 is 2.33 bits per heavy atom. The number of aliphatic hydroxyl groups excluding tert-OH is 1. The van der Waals surface area contributed by atoms with E-state index in [9.17, 15) is 5.11 Å². The molecule has 0 fully saturated rings. The van der Waals surface area contributed by atoms with Crippen molar-refractivity contribution in [3.63, 3.8) is 0 Å². The summed E-state index contributed by atoms with van der Waals surface area (Å²) < 4.78 is 0. The van der Waals surface area contributed by atoms with Gasteiger partial charge in [-0.3, -0.25) is 0 Å². The van der Waals surface area contributed by atoms with Gasteiger partial charge in [0.05, 0.1) is 0 Å². The van der Waals surface area contributed by atoms with Crippen molar-refractivity contribution in [3.8, 4) is 0 Å². The van der Waals surface area contributed by atoms with Crippen LogP contribution in [-0.4, -0.2) is 5.11 Å². The predicted molar refractivity (Wildman–Crippen MR) is 79.6 cm³/mol. The van der Waals surface area contributed by atoms with Gasteiger partial charge in [-0.05, 0) is 37.0 Å². The van der Waals surface area contributed by atoms with Crippen LogP contribution in [0.25, 0.3) is 5.57 Å². The second-order valence-electron chi connectivity index (χ2n) is 4.62. The summed E-state index contributed by atoms with van der Waals surface area (Å²) in [5, 5.41) is 9.88. The molecule has 0 aliphatic heterocycles. The Kier molecular flexibility index (Phi) is 4.96. The van der Waals surface area contributed by atoms with Gasteiger partial charge in [0, 0.05) is 5.57 Å². The van der Waals surface area contributed by atoms with Crippen LogP contribution in [0.5, 0.6) is 0 Å². The smallest absolute Gasteiger partial charge is 0.116 e. The molecule has 0 bridgehead atoms. The summed E-state index contributed by atoms with van der Waals surface area (Å²) in [7, 11) is 0. The molecule has 0 saturated heterocycles. The van der Waals surface area contributed by atoms with Crippen LogP contribution in [0.15, 0.2) is 54.3 Å². The Balaban J connectivity index is 3.35. The van der Waals surface area contributed by atoms with E-state index in [0.29, 0.717) is 0 Å². The first-order valence-corrected chi connectivity index (χ1v) is 6.32. The first-order valence-electron chi connectivity index (χ1n) is 6.32. The summed E-state index contributed by atoms with van der Waals surface area (Å²) in [6.45, 7) is 13.9. The Labute approximate surface area is 110 Å². The maximum absolute atomic E-state index is 9.88. The van der Waals surface area contributed by atoms with E-state index in [1.807, 2.05) is 38.1 Å². The molecule has 1 N–H and O–H groups in total. The van der Waals surface area contributed by atoms with E-state index in [1.165, 1.54) is 0 Å². The lowest BCUT2D eigenvalue weighted by Gasteiger charge is -2.15. The fourth-order valence-electron chi connectivity index (χ4n) is 2.09. The molecule has 0 spiro atoms. The zero-order chi connectivity index (χ0) is 13.7. The van der Waals surface area contributed by atoms with Crippen molar-refractivity contribution in [1.82, 2.24) is 0 Å². The van der Waals surface area contributed by atoms with Gasteiger partial charge in [-0.25, -0.2) is 0 Å². The van der Waals surface area contributed by atoms with Crippen molar-refractivity contribution in [2.24, 2.45) is 0 Å². The van der Waals surface area contributed by atoms with E-state index < -0.39 is 0 Å². The lowest BCUT2D eigenvalue weighted by Crippen LogP contribution is -1.97. The molecule has 0 heterocycles. The summed E-state index contributed by atoms with van der Waals surface area (Å²) in [6.07, 6.45) is 1.99. The van der Waals surface area contributed by atoms with Crippen LogP contribution < -0.4 is 0 Å². The van der Waals surface area contributed by atoms with Crippen molar-refractivity contribution < 1.29 is 5.11 Å². The van der Waals surface area contributed by atoms with Crippen LogP contribution >= 0.6 is 0 Å². The number of hydrogen-bond donors (Lipinski definition) is 1. The molecule has 1 nitrogen and oxygen atoms in total. The molecular formula is C17H22O. The van der Waals surface area contributed by atoms with Gasteiger partial charge in [0.2, 0.25) is 0 Å². The monoisotopic (exact) mass is 242 g/mol. The summed E-state index contributed by atoms with van der Waals surface area (Å²) in [5.74, 6) is 0.110. The molecule has 96 valence electrons. The summed E-state index contributed by atoms with van der Waals surface area (Å²) >= 11 is 0. The van der Waals surface area contributed by atoms with Crippen molar-refractivity contribution >= 4 is 5.57 Å². The molecule has 0 radical (unpaired) electrons. The van der Waals surface area contributed by atoms with Gasteiger partial charge < -0.3 is 5.11 Å². The first kappa shape index (κ1) is 14.3. The average molecular weight is 242 g/mol. The van der Waals surface area contributed by atoms with Gasteiger partial charge in [-0.1, -0.05) is 56.3 Å². The third-order valence-electron chi connectivity index (χ3n) is 3.16. The molecule has 0 amide bonds. The molecule has 1 rings (SSSR count). The zero-order valence-corrected chi connectivity index (χ0v) is 11.6. The molecule has 1 aromatic rings. The topological polar surface area (TPSA) is 20.2 Å². The minimum Gasteiger partial charge on any atom is -0.508 e. The van der Waals surface area contributed by atoms with Gasteiger partial charge in [-0.2, -0.15) is 0 Å². The highest BCUT2D eigenvalue weighted by Crippen LogP contribution is 2.30. The standard InChI is InChI=1S/C17H22O/c1-6-9-12(2)14(4)17(15(5)18)16-11-8-7-10-13(16)3/h7-8,10-11,18H,2,5-6,9H2,1,3-4H3/b17-14-. The van der Waals surface area contributed by atoms with E-state index in [-0.39, 0.29) is 5.76 Å². The van der Waals surface area contributed by atoms with Gasteiger partial charge in [0.15, 0.2) is 0 Å². The zero-order valence-electron chi connectivity index (χ0n) is 11.6. The molecule has 0 aliphatic carbocycles. The minimum atomic E-state index is 0.110. The highest BCUT2D eigenvalue weighted by molar-refractivity contribution is 5.82. The number of hydrogen-bond acceptors (Lipinski definition) is 1. The Bertz CT molecular complexity index is 492. The number of benzene rings is 1. The normalized spacial score (nSPS) is 11.9. The van der Waals surface area contributed by atoms with Crippen LogP contribution in [-0.2, 0) is 0 Å². The third-order valence-corrected chi connectivity index (χ3v) is 3.16. The molecule has 0 saturated carbocycles. The van der Waals surface area contributed by atoms with Crippen LogP contribution in [0.3, 0.4) is 0 Å². The van der Waals surface area contributed by atoms with E-state index in [0.717, 1.165) is 40.7 Å². The van der Waals surface area contributed by atoms with Crippen molar-refractivity contribution in [3.05, 3.63) is 65.5 Å². The Hall–Kier alpha value is -1.76. The molecular weight excluding hydrogens is 220 g/mol. The third kappa shape index (κ3) is 3.13. The lowest BCUT2D eigenvalue weighted by atomic mass is 9.91. The van der Waals surface area contributed by atoms with E-state index in [4.69, 9.17) is 0 Å². The second kappa shape index (κ2) is 6.25. The maximum atomic E-state index is 9.88. The molecule has 0 aliphatic rings. The molecule has 1 heteroatoms. The predicted octanol–water partition coefficient (Wildman–Crippen LogP) is 5.20. The fraction of sp³-hybridized carbons (Fsp3) is 0.294. The number of aliphatic hydroxyl groups is 1. The van der Waals surface area contributed by atoms with Gasteiger partial charge in [0.25, 0.3) is 0 Å². The van der Waals surface area contributed by atoms with Crippen LogP contribution in [0, 0.1) is 6.92 Å². The average Bonchev–Trinajstić information content (AvgIpc) is 2.31. The highest BCUT2D eigenvalue weighted by atomic mass is 16.3. The van der Waals surface area contributed by atoms with Gasteiger partial charge >= 0.3 is 0 Å². The lowest BCUT2D eigenvalue weighted by molar-refractivity contribution is 0.440. The summed E-state index contributed by atoms with van der Waals surface area (Å²) in [5.41, 5.74) is 5.06. The van der Waals surface area contributed by atoms with E-state index >= 15 is 0 Å². The molecule has 0 unspecified atom stereocenters. The summed E-state index contributed by atoms with van der Waals surface area (Å²) in [4.78, 5) is 0. The molecule has 18 heavy (non-hydrogen) atoms. The molecule has 1 aromatic carbocycles. The number of rotatable bonds is 5. The first-order chi connectivity index (χ1) is 8.49. The van der Waals surface area contributed by atoms with Crippen molar-refractivity contribution in [1.29, 1.82) is 0 Å². The number of aryl methyl sites for hydroxylation is 1. The van der Waals surface area contributed by atoms with Gasteiger partial charge in [0.1, 0.15) is 5.76 Å². The van der Waals surface area contributed by atoms with Gasteiger partial charge in [-0.15, -0.1) is 0 Å². The molecule has 0 aromatic heterocycles. The minimum absolute atomic E-state index is 0.110. The fourth-order valence-corrected chi connectivity index (χ4v) is 2.09. The van der Waals surface area contributed by atoms with E-state index in [1.54, 1.807) is 0 Å². The maximum Gasteiger partial charge on any atom is 0.116 e. The highest BCUT2D eigenvalue weighted by Gasteiger charge is 2.12. The second-order valence-corrected chi connectivity index (χ2v) is 4.62. The van der Waals surface area contributed by atoms with Crippen LogP contribution in [0.2, 0.25) is 0 Å². The Morgan fingerprint density at radius 1 is 1.22 bits per heavy atom. The SMILES string of the molecule is C=C(CCC)/C(C)=C(/C(=C)O)c1ccccc1C. The Morgan fingerprint density at radius 2 is 1.83 bits per heavy atom. The largest absolute Gasteiger partial charge is 0.508 e. The molecule has 0 atom stereocenters. The quantitative estimate of drug-likeness (QED) is 0.556. The van der Waals surface area contributed by atoms with Crippen LogP contribution in [0.1, 0.15) is 37.8 Å². The van der Waals surface area contributed by atoms with Crippen molar-refractivity contribution in [2.45, 2.75) is 33.6 Å². The van der Waals surface area contributed by atoms with E-state index in [2.05, 4.69) is 20.1 Å². The summed E-state index contributed by atoms with van der Waals surface area (Å²) in [6, 6.07) is 8.01. The number of allylic oxidation sites excluding steroid dienone is 3. The van der Waals surface area contributed by atoms with Crippen molar-refractivity contribution in [2.75, 3.05) is 0 Å².